The van der Waals surface area contributed by atoms with Gasteiger partial charge in [-0.1, -0.05) is 13.8 Å². The number of aliphatic hydroxyl groups is 1. The molecule has 3 nitrogen and oxygen atoms in total. The Morgan fingerprint density at radius 2 is 2.00 bits per heavy atom. The Morgan fingerprint density at radius 3 is 2.53 bits per heavy atom. The number of aliphatic hydroxyl groups excluding tert-OH is 1. The maximum Gasteiger partial charge on any atom is 0.221 e. The van der Waals surface area contributed by atoms with E-state index in [1.165, 1.54) is 23.9 Å². The molecule has 0 fully saturated rings. The summed E-state index contributed by atoms with van der Waals surface area (Å²) in [7, 11) is 0. The molecule has 0 saturated carbocycles. The fourth-order valence-electron chi connectivity index (χ4n) is 1.49. The summed E-state index contributed by atoms with van der Waals surface area (Å²) in [6.07, 6.45) is 0.380. The lowest BCUT2D eigenvalue weighted by molar-refractivity contribution is -0.122. The molecule has 0 heterocycles. The number of rotatable bonds is 7. The van der Waals surface area contributed by atoms with Crippen molar-refractivity contribution in [2.75, 3.05) is 12.4 Å². The highest BCUT2D eigenvalue weighted by molar-refractivity contribution is 7.99. The minimum absolute atomic E-state index is 0.0471. The highest BCUT2D eigenvalue weighted by Gasteiger charge is 2.14. The summed E-state index contributed by atoms with van der Waals surface area (Å²) in [4.78, 5) is 12.6. The fourth-order valence-corrected chi connectivity index (χ4v) is 2.35. The van der Waals surface area contributed by atoms with Gasteiger partial charge in [-0.3, -0.25) is 4.79 Å². The number of carbonyl (C=O) groups excluding carboxylic acids is 1. The molecule has 0 saturated heterocycles. The molecule has 0 aliphatic heterocycles. The monoisotopic (exact) mass is 285 g/mol. The normalized spacial score (nSPS) is 12.5. The second-order valence-electron chi connectivity index (χ2n) is 4.65. The molecule has 0 aromatic heterocycles. The van der Waals surface area contributed by atoms with Crippen molar-refractivity contribution in [1.82, 2.24) is 5.32 Å². The molecule has 0 aliphatic rings. The Labute approximate surface area is 117 Å². The van der Waals surface area contributed by atoms with E-state index in [1.807, 2.05) is 13.8 Å². The third-order valence-corrected chi connectivity index (χ3v) is 3.77. The van der Waals surface area contributed by atoms with E-state index in [0.29, 0.717) is 12.2 Å². The summed E-state index contributed by atoms with van der Waals surface area (Å²) >= 11 is 1.51. The van der Waals surface area contributed by atoms with Gasteiger partial charge in [0.15, 0.2) is 0 Å². The lowest BCUT2D eigenvalue weighted by Gasteiger charge is -2.19. The smallest absolute Gasteiger partial charge is 0.221 e. The van der Waals surface area contributed by atoms with E-state index in [4.69, 9.17) is 5.11 Å². The Balaban J connectivity index is 2.29. The van der Waals surface area contributed by atoms with Crippen LogP contribution in [0.15, 0.2) is 29.2 Å². The molecular weight excluding hydrogens is 265 g/mol. The number of carbonyl (C=O) groups is 1. The molecule has 0 aliphatic carbocycles. The van der Waals surface area contributed by atoms with Gasteiger partial charge in [0.1, 0.15) is 5.82 Å². The van der Waals surface area contributed by atoms with Crippen LogP contribution in [-0.4, -0.2) is 29.4 Å². The van der Waals surface area contributed by atoms with Crippen LogP contribution < -0.4 is 5.32 Å². The highest BCUT2D eigenvalue weighted by Crippen LogP contribution is 2.18. The number of thioether (sulfide) groups is 1. The number of nitrogens with one attached hydrogen (secondary N) is 1. The maximum absolute atomic E-state index is 12.7. The van der Waals surface area contributed by atoms with E-state index in [0.717, 1.165) is 4.90 Å². The van der Waals surface area contributed by atoms with Crippen LogP contribution in [0.2, 0.25) is 0 Å². The Kier molecular flexibility index (Phi) is 6.87. The van der Waals surface area contributed by atoms with Crippen LogP contribution in [0.1, 0.15) is 20.3 Å². The lowest BCUT2D eigenvalue weighted by Crippen LogP contribution is -2.41. The minimum atomic E-state index is -0.259. The van der Waals surface area contributed by atoms with Gasteiger partial charge in [0, 0.05) is 17.1 Å². The Morgan fingerprint density at radius 1 is 1.37 bits per heavy atom. The fraction of sp³-hybridized carbons (Fsp3) is 0.500. The highest BCUT2D eigenvalue weighted by atomic mass is 32.2. The van der Waals surface area contributed by atoms with Crippen LogP contribution in [0.4, 0.5) is 4.39 Å². The van der Waals surface area contributed by atoms with Crippen molar-refractivity contribution < 1.29 is 14.3 Å². The third-order valence-electron chi connectivity index (χ3n) is 2.76. The van der Waals surface area contributed by atoms with Crippen molar-refractivity contribution in [3.63, 3.8) is 0 Å². The van der Waals surface area contributed by atoms with E-state index in [1.54, 1.807) is 12.1 Å². The molecule has 5 heteroatoms. The van der Waals surface area contributed by atoms with Crippen molar-refractivity contribution in [3.05, 3.63) is 30.1 Å². The van der Waals surface area contributed by atoms with E-state index in [9.17, 15) is 9.18 Å². The lowest BCUT2D eigenvalue weighted by atomic mass is 10.1. The number of hydrogen-bond acceptors (Lipinski definition) is 3. The maximum atomic E-state index is 12.7. The van der Waals surface area contributed by atoms with Crippen molar-refractivity contribution >= 4 is 17.7 Å². The van der Waals surface area contributed by atoms with Crippen LogP contribution in [0, 0.1) is 11.7 Å². The molecule has 1 aromatic rings. The topological polar surface area (TPSA) is 49.3 Å². The summed E-state index contributed by atoms with van der Waals surface area (Å²) < 4.78 is 12.7. The van der Waals surface area contributed by atoms with Crippen LogP contribution in [0.5, 0.6) is 0 Å². The molecule has 1 atom stereocenters. The predicted molar refractivity (Wildman–Crippen MR) is 75.6 cm³/mol. The number of hydrogen-bond donors (Lipinski definition) is 2. The van der Waals surface area contributed by atoms with Crippen molar-refractivity contribution in [2.45, 2.75) is 31.2 Å². The third kappa shape index (κ3) is 6.07. The molecule has 106 valence electrons. The van der Waals surface area contributed by atoms with Gasteiger partial charge in [-0.2, -0.15) is 0 Å². The molecule has 0 radical (unpaired) electrons. The predicted octanol–water partition coefficient (Wildman–Crippen LogP) is 2.44. The molecule has 1 rings (SSSR count). The summed E-state index contributed by atoms with van der Waals surface area (Å²) in [5, 5.41) is 11.9. The van der Waals surface area contributed by atoms with Crippen molar-refractivity contribution in [1.29, 1.82) is 0 Å². The molecular formula is C14H20FNO2S. The molecule has 0 bridgehead atoms. The first-order valence-corrected chi connectivity index (χ1v) is 7.30. The average Bonchev–Trinajstić information content (AvgIpc) is 2.38. The zero-order valence-electron chi connectivity index (χ0n) is 11.2. The zero-order valence-corrected chi connectivity index (χ0v) is 12.0. The molecule has 1 amide bonds. The van der Waals surface area contributed by atoms with Gasteiger partial charge in [-0.25, -0.2) is 4.39 Å². The van der Waals surface area contributed by atoms with Crippen LogP contribution in [-0.2, 0) is 4.79 Å². The van der Waals surface area contributed by atoms with Crippen LogP contribution >= 0.6 is 11.8 Å². The van der Waals surface area contributed by atoms with E-state index in [2.05, 4.69) is 5.32 Å². The van der Waals surface area contributed by atoms with E-state index < -0.39 is 0 Å². The number of benzene rings is 1. The van der Waals surface area contributed by atoms with Crippen LogP contribution in [0.25, 0.3) is 0 Å². The quantitative estimate of drug-likeness (QED) is 0.757. The van der Waals surface area contributed by atoms with Crippen LogP contribution in [0.3, 0.4) is 0 Å². The van der Waals surface area contributed by atoms with Gasteiger partial charge in [0.2, 0.25) is 5.91 Å². The first kappa shape index (κ1) is 16.0. The number of halogens is 1. The molecule has 0 unspecified atom stereocenters. The van der Waals surface area contributed by atoms with Gasteiger partial charge >= 0.3 is 0 Å². The molecule has 19 heavy (non-hydrogen) atoms. The average molecular weight is 285 g/mol. The van der Waals surface area contributed by atoms with Gasteiger partial charge in [0.05, 0.1) is 12.6 Å². The number of amides is 1. The zero-order chi connectivity index (χ0) is 14.3. The standard InChI is InChI=1S/C14H20FNO2S/c1-10(2)13(9-17)16-14(18)7-8-19-12-5-3-11(15)4-6-12/h3-6,10,13,17H,7-9H2,1-2H3,(H,16,18)/t13-/m1/s1. The van der Waals surface area contributed by atoms with E-state index >= 15 is 0 Å². The molecule has 1 aromatic carbocycles. The first-order valence-electron chi connectivity index (χ1n) is 6.31. The summed E-state index contributed by atoms with van der Waals surface area (Å²) in [5.41, 5.74) is 0. The minimum Gasteiger partial charge on any atom is -0.394 e. The van der Waals surface area contributed by atoms with Gasteiger partial charge < -0.3 is 10.4 Å². The Bertz CT molecular complexity index is 395. The second-order valence-corrected chi connectivity index (χ2v) is 5.82. The molecule has 0 spiro atoms. The summed E-state index contributed by atoms with van der Waals surface area (Å²) in [5.74, 6) is 0.513. The van der Waals surface area contributed by atoms with Gasteiger partial charge in [0.25, 0.3) is 0 Å². The van der Waals surface area contributed by atoms with Gasteiger partial charge in [-0.15, -0.1) is 11.8 Å². The Hall–Kier alpha value is -1.07. The second kappa shape index (κ2) is 8.17. The summed E-state index contributed by atoms with van der Waals surface area (Å²) in [6.45, 7) is 3.86. The molecule has 2 N–H and O–H groups in total. The van der Waals surface area contributed by atoms with E-state index in [-0.39, 0.29) is 30.3 Å². The van der Waals surface area contributed by atoms with Gasteiger partial charge in [-0.05, 0) is 30.2 Å². The summed E-state index contributed by atoms with van der Waals surface area (Å²) in [6, 6.07) is 6.01. The van der Waals surface area contributed by atoms with Crippen molar-refractivity contribution in [3.8, 4) is 0 Å². The largest absolute Gasteiger partial charge is 0.394 e. The SMILES string of the molecule is CC(C)[C@@H](CO)NC(=O)CCSc1ccc(F)cc1. The van der Waals surface area contributed by atoms with Crippen molar-refractivity contribution in [2.24, 2.45) is 5.92 Å². The first-order chi connectivity index (χ1) is 9.02.